The number of nitriles is 1. The van der Waals surface area contributed by atoms with E-state index >= 15 is 0 Å². The molecule has 4 rings (SSSR count). The number of ether oxygens (including phenoxy) is 3. The van der Waals surface area contributed by atoms with Crippen molar-refractivity contribution in [1.82, 2.24) is 4.98 Å². The Balaban J connectivity index is 1.55. The molecule has 2 N–H and O–H groups in total. The van der Waals surface area contributed by atoms with Gasteiger partial charge in [0.1, 0.15) is 5.75 Å². The van der Waals surface area contributed by atoms with Crippen molar-refractivity contribution in [1.29, 1.82) is 5.26 Å². The maximum atomic E-state index is 9.81. The molecule has 4 aromatic rings. The SMILES string of the molecule is N#Cc1cncc(COc2cc(OCc3cccc(-c4cccc(OCCCCl)c4Cl)c3Cl)c(Cl)cc2C[AsH]C[C@H](O)CO)c1. The van der Waals surface area contributed by atoms with Crippen LogP contribution in [-0.2, 0) is 18.4 Å². The van der Waals surface area contributed by atoms with Crippen molar-refractivity contribution in [3.05, 3.63) is 104 Å². The molecule has 0 aliphatic rings. The normalized spacial score (nSPS) is 11.8. The number of aliphatic hydroxyl groups is 2. The molecule has 12 heteroatoms. The number of nitrogens with zero attached hydrogens (tertiary/aromatic N) is 2. The predicted molar refractivity (Wildman–Crippen MR) is 181 cm³/mol. The molecule has 1 aromatic heterocycles. The second kappa shape index (κ2) is 17.9. The van der Waals surface area contributed by atoms with E-state index in [2.05, 4.69) is 11.1 Å². The Morgan fingerprint density at radius 3 is 2.38 bits per heavy atom. The number of rotatable bonds is 16. The molecule has 0 saturated heterocycles. The van der Waals surface area contributed by atoms with Crippen molar-refractivity contribution in [3.63, 3.8) is 0 Å². The Hall–Kier alpha value is -2.66. The van der Waals surface area contributed by atoms with Crippen molar-refractivity contribution < 1.29 is 24.4 Å². The van der Waals surface area contributed by atoms with Gasteiger partial charge in [-0.1, -0.05) is 17.7 Å². The van der Waals surface area contributed by atoms with Crippen molar-refractivity contribution >= 4 is 62.2 Å². The fourth-order valence-corrected chi connectivity index (χ4v) is 7.64. The molecule has 236 valence electrons. The Kier molecular flexibility index (Phi) is 14.0. The average Bonchev–Trinajstić information content (AvgIpc) is 3.05. The number of halogens is 4. The molecule has 0 aliphatic heterocycles. The van der Waals surface area contributed by atoms with Gasteiger partial charge in [0.05, 0.1) is 6.61 Å². The molecular weight excluding hydrogens is 721 g/mol. The predicted octanol–water partition coefficient (Wildman–Crippen LogP) is 7.45. The van der Waals surface area contributed by atoms with E-state index in [1.807, 2.05) is 30.3 Å². The Labute approximate surface area is 289 Å². The molecule has 1 heterocycles. The minimum atomic E-state index is -0.742. The molecule has 1 unspecified atom stereocenters. The van der Waals surface area contributed by atoms with Gasteiger partial charge in [-0.05, 0) is 12.5 Å². The quantitative estimate of drug-likeness (QED) is 0.0696. The van der Waals surface area contributed by atoms with Gasteiger partial charge in [-0.3, -0.25) is 0 Å². The van der Waals surface area contributed by atoms with Gasteiger partial charge in [-0.2, -0.15) is 0 Å². The van der Waals surface area contributed by atoms with Crippen LogP contribution < -0.4 is 14.2 Å². The minimum absolute atomic E-state index is 0.124. The summed E-state index contributed by atoms with van der Waals surface area (Å²) in [6.07, 6.45) is 3.09. The van der Waals surface area contributed by atoms with Gasteiger partial charge >= 0.3 is 226 Å². The van der Waals surface area contributed by atoms with E-state index in [1.54, 1.807) is 30.5 Å². The van der Waals surface area contributed by atoms with Crippen molar-refractivity contribution in [3.8, 4) is 34.4 Å². The van der Waals surface area contributed by atoms with Crippen LogP contribution in [0.15, 0.2) is 67.0 Å². The number of aromatic nitrogens is 1. The first-order valence-corrected chi connectivity index (χ1v) is 18.6. The van der Waals surface area contributed by atoms with E-state index in [0.29, 0.717) is 67.2 Å². The Morgan fingerprint density at radius 2 is 1.62 bits per heavy atom. The molecule has 0 aliphatic carbocycles. The van der Waals surface area contributed by atoms with Crippen LogP contribution in [0.5, 0.6) is 17.2 Å². The van der Waals surface area contributed by atoms with E-state index in [0.717, 1.165) is 27.8 Å². The summed E-state index contributed by atoms with van der Waals surface area (Å²) in [4.78, 5) is 4.10. The van der Waals surface area contributed by atoms with Crippen LogP contribution in [0.1, 0.15) is 28.7 Å². The van der Waals surface area contributed by atoms with E-state index < -0.39 is 21.9 Å². The second-order valence-corrected chi connectivity index (χ2v) is 14.1. The molecule has 0 bridgehead atoms. The summed E-state index contributed by atoms with van der Waals surface area (Å²) in [5, 5.41) is 30.8. The third-order valence-electron chi connectivity index (χ3n) is 6.59. The fraction of sp³-hybridized carbons (Fsp3) is 0.273. The first-order valence-electron chi connectivity index (χ1n) is 14.0. The molecule has 0 radical (unpaired) electrons. The molecule has 3 aromatic carbocycles. The maximum absolute atomic E-state index is 9.81. The van der Waals surface area contributed by atoms with E-state index in [4.69, 9.17) is 60.6 Å². The zero-order valence-corrected chi connectivity index (χ0v) is 29.2. The first kappa shape index (κ1) is 35.2. The van der Waals surface area contributed by atoms with Crippen molar-refractivity contribution in [2.45, 2.75) is 36.2 Å². The van der Waals surface area contributed by atoms with Gasteiger partial charge in [-0.15, -0.1) is 11.6 Å². The van der Waals surface area contributed by atoms with E-state index in [-0.39, 0.29) is 19.8 Å². The molecule has 45 heavy (non-hydrogen) atoms. The van der Waals surface area contributed by atoms with Gasteiger partial charge in [0.2, 0.25) is 0 Å². The Morgan fingerprint density at radius 1 is 0.867 bits per heavy atom. The number of hydrogen-bond acceptors (Lipinski definition) is 7. The van der Waals surface area contributed by atoms with Gasteiger partial charge < -0.3 is 4.74 Å². The summed E-state index contributed by atoms with van der Waals surface area (Å²) in [6, 6.07) is 18.5. The summed E-state index contributed by atoms with van der Waals surface area (Å²) in [6.45, 7) is 0.486. The average molecular weight is 752 g/mol. The standard InChI is InChI=1S/C33H31AsCl4N2O5/c35-8-3-9-43-29-7-2-6-27(33(29)38)26-5-1-4-23(32(26)37)20-45-31-12-30(44-19-22-10-21(15-39)16-40-17-22)24(11-28(31)36)13-34-14-25(42)18-41/h1-2,4-7,10-12,16-17,25,34,41-42H,3,8-9,13-14,18-20H2/t25-/m0/s1. The van der Waals surface area contributed by atoms with Gasteiger partial charge in [0.15, 0.2) is 0 Å². The van der Waals surface area contributed by atoms with Crippen LogP contribution in [0.2, 0.25) is 20.3 Å². The first-order chi connectivity index (χ1) is 21.8. The molecule has 2 atom stereocenters. The Bertz CT molecular complexity index is 1640. The van der Waals surface area contributed by atoms with Gasteiger partial charge in [-0.25, -0.2) is 0 Å². The third kappa shape index (κ3) is 9.91. The van der Waals surface area contributed by atoms with E-state index in [9.17, 15) is 15.5 Å². The summed E-state index contributed by atoms with van der Waals surface area (Å²) < 4.78 is 18.1. The van der Waals surface area contributed by atoms with Crippen LogP contribution in [0.25, 0.3) is 11.1 Å². The zero-order valence-electron chi connectivity index (χ0n) is 24.1. The van der Waals surface area contributed by atoms with Crippen LogP contribution >= 0.6 is 46.4 Å². The molecule has 0 spiro atoms. The van der Waals surface area contributed by atoms with Crippen molar-refractivity contribution in [2.24, 2.45) is 0 Å². The molecule has 0 amide bonds. The fourth-order valence-electron chi connectivity index (χ4n) is 4.31. The number of pyridine rings is 1. The third-order valence-corrected chi connectivity index (χ3v) is 10.9. The van der Waals surface area contributed by atoms with Crippen molar-refractivity contribution in [2.75, 3.05) is 19.1 Å². The molecule has 0 saturated carbocycles. The summed E-state index contributed by atoms with van der Waals surface area (Å²) >= 11 is 25.4. The topological polar surface area (TPSA) is 105 Å². The number of benzene rings is 3. The molecule has 0 fully saturated rings. The number of alkyl halides is 1. The van der Waals surface area contributed by atoms with E-state index in [1.165, 1.54) is 6.20 Å². The van der Waals surface area contributed by atoms with Crippen LogP contribution in [0.4, 0.5) is 0 Å². The van der Waals surface area contributed by atoms with Crippen LogP contribution in [0, 0.1) is 11.3 Å². The summed E-state index contributed by atoms with van der Waals surface area (Å²) in [5.41, 5.74) is 4.23. The summed E-state index contributed by atoms with van der Waals surface area (Å²) in [7, 11) is 0. The zero-order chi connectivity index (χ0) is 32.2. The summed E-state index contributed by atoms with van der Waals surface area (Å²) in [5.74, 6) is 2.02. The molecule has 7 nitrogen and oxygen atoms in total. The van der Waals surface area contributed by atoms with Crippen LogP contribution in [-0.4, -0.2) is 56.1 Å². The monoisotopic (exact) mass is 750 g/mol. The molecular formula is C33H31AsCl4N2O5. The van der Waals surface area contributed by atoms with Crippen LogP contribution in [0.3, 0.4) is 0 Å². The second-order valence-electron chi connectivity index (χ2n) is 9.92. The number of hydrogen-bond donors (Lipinski definition) is 2. The van der Waals surface area contributed by atoms with Gasteiger partial charge in [0.25, 0.3) is 0 Å². The van der Waals surface area contributed by atoms with Gasteiger partial charge in [0, 0.05) is 5.88 Å². The number of aliphatic hydroxyl groups excluding tert-OH is 2.